The molecule has 0 aliphatic rings. The minimum Gasteiger partial charge on any atom is -0.469 e. The van der Waals surface area contributed by atoms with Gasteiger partial charge in [0.1, 0.15) is 11.5 Å². The minimum absolute atomic E-state index is 0.244. The van der Waals surface area contributed by atoms with E-state index in [1.54, 1.807) is 0 Å². The van der Waals surface area contributed by atoms with Gasteiger partial charge in [0, 0.05) is 3.57 Å². The monoisotopic (exact) mass is 368 g/mol. The van der Waals surface area contributed by atoms with Crippen LogP contribution in [0.5, 0.6) is 11.5 Å². The van der Waals surface area contributed by atoms with Crippen LogP contribution in [0, 0.1) is 3.57 Å². The molecule has 0 saturated heterocycles. The molecule has 3 nitrogen and oxygen atoms in total. The van der Waals surface area contributed by atoms with Gasteiger partial charge in [-0.1, -0.05) is 12.1 Å². The third-order valence-electron chi connectivity index (χ3n) is 2.55. The van der Waals surface area contributed by atoms with E-state index in [0.717, 1.165) is 17.1 Å². The molecule has 0 aliphatic heterocycles. The van der Waals surface area contributed by atoms with E-state index in [1.165, 1.54) is 10.7 Å². The number of methoxy groups -OCH3 is 1. The van der Waals surface area contributed by atoms with Crippen molar-refractivity contribution >= 4 is 28.6 Å². The second kappa shape index (κ2) is 6.56. The van der Waals surface area contributed by atoms with Gasteiger partial charge in [-0.25, -0.2) is 0 Å². The standard InChI is InChI=1S/C15H13IO3/c1-18-15(17)10-11-2-6-13(7-3-11)19-14-8-4-12(16)5-9-14/h2-9H,10H2,1H3. The average molecular weight is 368 g/mol. The molecule has 0 amide bonds. The summed E-state index contributed by atoms with van der Waals surface area (Å²) < 4.78 is 11.5. The molecular weight excluding hydrogens is 355 g/mol. The predicted molar refractivity (Wildman–Crippen MR) is 81.4 cm³/mol. The van der Waals surface area contributed by atoms with Crippen molar-refractivity contribution < 1.29 is 14.3 Å². The highest BCUT2D eigenvalue weighted by atomic mass is 127. The Bertz CT molecular complexity index is 547. The van der Waals surface area contributed by atoms with Crippen LogP contribution in [0.1, 0.15) is 5.56 Å². The maximum absolute atomic E-state index is 11.1. The van der Waals surface area contributed by atoms with Crippen LogP contribution in [0.15, 0.2) is 48.5 Å². The second-order valence-corrected chi connectivity index (χ2v) is 5.20. The van der Waals surface area contributed by atoms with Crippen LogP contribution in [0.25, 0.3) is 0 Å². The zero-order valence-corrected chi connectivity index (χ0v) is 12.6. The Hall–Kier alpha value is -1.56. The summed E-state index contributed by atoms with van der Waals surface area (Å²) in [6, 6.07) is 15.2. The summed E-state index contributed by atoms with van der Waals surface area (Å²) in [5, 5.41) is 0. The number of rotatable bonds is 4. The molecule has 0 bridgehead atoms. The number of benzene rings is 2. The summed E-state index contributed by atoms with van der Waals surface area (Å²) >= 11 is 2.25. The molecule has 0 radical (unpaired) electrons. The van der Waals surface area contributed by atoms with Gasteiger partial charge in [-0.15, -0.1) is 0 Å². The number of carbonyl (C=O) groups excluding carboxylic acids is 1. The molecule has 4 heteroatoms. The Morgan fingerprint density at radius 2 is 1.53 bits per heavy atom. The topological polar surface area (TPSA) is 35.5 Å². The van der Waals surface area contributed by atoms with E-state index in [9.17, 15) is 4.79 Å². The molecule has 0 heterocycles. The Morgan fingerprint density at radius 1 is 1.00 bits per heavy atom. The summed E-state index contributed by atoms with van der Waals surface area (Å²) in [5.41, 5.74) is 0.904. The Labute approximate surface area is 125 Å². The van der Waals surface area contributed by atoms with Crippen molar-refractivity contribution in [1.29, 1.82) is 0 Å². The van der Waals surface area contributed by atoms with Gasteiger partial charge in [-0.2, -0.15) is 0 Å². The fourth-order valence-electron chi connectivity index (χ4n) is 1.55. The SMILES string of the molecule is COC(=O)Cc1ccc(Oc2ccc(I)cc2)cc1. The Morgan fingerprint density at radius 3 is 2.05 bits per heavy atom. The molecule has 0 saturated carbocycles. The molecule has 2 aromatic rings. The van der Waals surface area contributed by atoms with Crippen molar-refractivity contribution in [1.82, 2.24) is 0 Å². The zero-order valence-electron chi connectivity index (χ0n) is 10.4. The number of carbonyl (C=O) groups is 1. The highest BCUT2D eigenvalue weighted by Gasteiger charge is 2.03. The van der Waals surface area contributed by atoms with Crippen molar-refractivity contribution in [3.63, 3.8) is 0 Å². The van der Waals surface area contributed by atoms with Crippen molar-refractivity contribution in [2.45, 2.75) is 6.42 Å². The largest absolute Gasteiger partial charge is 0.469 e. The zero-order chi connectivity index (χ0) is 13.7. The lowest BCUT2D eigenvalue weighted by atomic mass is 10.1. The first-order valence-electron chi connectivity index (χ1n) is 5.76. The van der Waals surface area contributed by atoms with Crippen LogP contribution in [-0.4, -0.2) is 13.1 Å². The quantitative estimate of drug-likeness (QED) is 0.609. The lowest BCUT2D eigenvalue weighted by molar-refractivity contribution is -0.139. The van der Waals surface area contributed by atoms with Gasteiger partial charge in [-0.3, -0.25) is 4.79 Å². The van der Waals surface area contributed by atoms with Gasteiger partial charge < -0.3 is 9.47 Å². The number of hydrogen-bond donors (Lipinski definition) is 0. The summed E-state index contributed by atoms with van der Waals surface area (Å²) in [4.78, 5) is 11.1. The van der Waals surface area contributed by atoms with Gasteiger partial charge in [0.25, 0.3) is 0 Å². The first-order valence-corrected chi connectivity index (χ1v) is 6.84. The summed E-state index contributed by atoms with van der Waals surface area (Å²) in [6.07, 6.45) is 0.278. The van der Waals surface area contributed by atoms with Crippen molar-refractivity contribution in [3.05, 3.63) is 57.7 Å². The maximum Gasteiger partial charge on any atom is 0.309 e. The van der Waals surface area contributed by atoms with Crippen LogP contribution in [-0.2, 0) is 16.0 Å². The fourth-order valence-corrected chi connectivity index (χ4v) is 1.91. The molecule has 0 spiro atoms. The van der Waals surface area contributed by atoms with Gasteiger partial charge in [0.2, 0.25) is 0 Å². The number of hydrogen-bond acceptors (Lipinski definition) is 3. The van der Waals surface area contributed by atoms with Crippen molar-refractivity contribution in [2.75, 3.05) is 7.11 Å². The smallest absolute Gasteiger partial charge is 0.309 e. The van der Waals surface area contributed by atoms with E-state index in [1.807, 2.05) is 48.5 Å². The van der Waals surface area contributed by atoms with Crippen LogP contribution < -0.4 is 4.74 Å². The number of halogens is 1. The van der Waals surface area contributed by atoms with Gasteiger partial charge in [0.15, 0.2) is 0 Å². The number of esters is 1. The minimum atomic E-state index is -0.244. The molecule has 0 aliphatic carbocycles. The summed E-state index contributed by atoms with van der Waals surface area (Å²) in [5.74, 6) is 1.29. The van der Waals surface area contributed by atoms with Gasteiger partial charge >= 0.3 is 5.97 Å². The summed E-state index contributed by atoms with van der Waals surface area (Å²) in [7, 11) is 1.39. The molecule has 2 rings (SSSR count). The highest BCUT2D eigenvalue weighted by Crippen LogP contribution is 2.22. The molecular formula is C15H13IO3. The van der Waals surface area contributed by atoms with Crippen molar-refractivity contribution in [3.8, 4) is 11.5 Å². The first kappa shape index (κ1) is 13.9. The molecule has 98 valence electrons. The third-order valence-corrected chi connectivity index (χ3v) is 3.27. The van der Waals surface area contributed by atoms with E-state index in [-0.39, 0.29) is 12.4 Å². The fraction of sp³-hybridized carbons (Fsp3) is 0.133. The van der Waals surface area contributed by atoms with Gasteiger partial charge in [-0.05, 0) is 64.6 Å². The molecule has 19 heavy (non-hydrogen) atoms. The van der Waals surface area contributed by atoms with Gasteiger partial charge in [0.05, 0.1) is 13.5 Å². The molecule has 0 atom stereocenters. The maximum atomic E-state index is 11.1. The van der Waals surface area contributed by atoms with Crippen molar-refractivity contribution in [2.24, 2.45) is 0 Å². The van der Waals surface area contributed by atoms with E-state index >= 15 is 0 Å². The average Bonchev–Trinajstić information content (AvgIpc) is 2.43. The second-order valence-electron chi connectivity index (χ2n) is 3.95. The van der Waals surface area contributed by atoms with Crippen LogP contribution >= 0.6 is 22.6 Å². The van der Waals surface area contributed by atoms with E-state index < -0.39 is 0 Å². The molecule has 2 aromatic carbocycles. The normalized spacial score (nSPS) is 10.0. The van der Waals surface area contributed by atoms with E-state index in [2.05, 4.69) is 27.3 Å². The molecule has 0 unspecified atom stereocenters. The van der Waals surface area contributed by atoms with Crippen LogP contribution in [0.3, 0.4) is 0 Å². The highest BCUT2D eigenvalue weighted by molar-refractivity contribution is 14.1. The van der Waals surface area contributed by atoms with E-state index in [0.29, 0.717) is 0 Å². The lowest BCUT2D eigenvalue weighted by Crippen LogP contribution is -2.04. The first-order chi connectivity index (χ1) is 9.17. The van der Waals surface area contributed by atoms with E-state index in [4.69, 9.17) is 4.74 Å². The number of ether oxygens (including phenoxy) is 2. The van der Waals surface area contributed by atoms with Crippen LogP contribution in [0.4, 0.5) is 0 Å². The summed E-state index contributed by atoms with van der Waals surface area (Å²) in [6.45, 7) is 0. The molecule has 0 fully saturated rings. The lowest BCUT2D eigenvalue weighted by Gasteiger charge is -2.06. The molecule has 0 N–H and O–H groups in total. The third kappa shape index (κ3) is 4.24. The molecule has 0 aromatic heterocycles. The predicted octanol–water partition coefficient (Wildman–Crippen LogP) is 3.80. The Balaban J connectivity index is 2.02. The Kier molecular flexibility index (Phi) is 4.79. The van der Waals surface area contributed by atoms with Crippen LogP contribution in [0.2, 0.25) is 0 Å².